The van der Waals surface area contributed by atoms with Crippen LogP contribution in [0.5, 0.6) is 0 Å². The summed E-state index contributed by atoms with van der Waals surface area (Å²) in [6.07, 6.45) is 0.374. The van der Waals surface area contributed by atoms with Crippen molar-refractivity contribution in [3.63, 3.8) is 0 Å². The van der Waals surface area contributed by atoms with Crippen LogP contribution in [0.4, 0.5) is 0 Å². The molecule has 0 aliphatic carbocycles. The molecule has 0 bridgehead atoms. The molecule has 144 valence electrons. The second kappa shape index (κ2) is 9.09. The predicted octanol–water partition coefficient (Wildman–Crippen LogP) is 4.59. The average Bonchev–Trinajstić information content (AvgIpc) is 2.68. The molecule has 0 saturated carbocycles. The Labute approximate surface area is 173 Å². The summed E-state index contributed by atoms with van der Waals surface area (Å²) in [7, 11) is 1.29. The van der Waals surface area contributed by atoms with Crippen LogP contribution in [0.25, 0.3) is 10.8 Å². The molecule has 0 unspecified atom stereocenters. The average molecular weight is 416 g/mol. The highest BCUT2D eigenvalue weighted by Gasteiger charge is 2.23. The number of benzene rings is 3. The Morgan fingerprint density at radius 1 is 1.00 bits per heavy atom. The number of carbonyl (C=O) groups excluding carboxylic acids is 2. The molecule has 28 heavy (non-hydrogen) atoms. The maximum absolute atomic E-state index is 12.5. The van der Waals surface area contributed by atoms with Crippen LogP contribution in [0.2, 0.25) is 10.0 Å². The summed E-state index contributed by atoms with van der Waals surface area (Å²) >= 11 is 12.1. The highest BCUT2D eigenvalue weighted by molar-refractivity contribution is 6.35. The minimum atomic E-state index is -0.836. The normalized spacial score (nSPS) is 11.8. The van der Waals surface area contributed by atoms with E-state index >= 15 is 0 Å². The zero-order valence-electron chi connectivity index (χ0n) is 15.2. The number of hydrogen-bond acceptors (Lipinski definition) is 3. The van der Waals surface area contributed by atoms with E-state index in [2.05, 4.69) is 5.32 Å². The van der Waals surface area contributed by atoms with E-state index < -0.39 is 12.0 Å². The fraction of sp³-hybridized carbons (Fsp3) is 0.182. The fourth-order valence-electron chi connectivity index (χ4n) is 3.02. The molecule has 0 spiro atoms. The van der Waals surface area contributed by atoms with Gasteiger partial charge in [-0.3, -0.25) is 4.79 Å². The van der Waals surface area contributed by atoms with E-state index in [1.165, 1.54) is 7.11 Å². The highest BCUT2D eigenvalue weighted by atomic mass is 35.5. The Kier molecular flexibility index (Phi) is 6.55. The first-order valence-electron chi connectivity index (χ1n) is 8.75. The third-order valence-corrected chi connectivity index (χ3v) is 5.03. The monoisotopic (exact) mass is 415 g/mol. The number of fused-ring (bicyclic) bond motifs is 1. The lowest BCUT2D eigenvalue weighted by molar-refractivity contribution is -0.145. The van der Waals surface area contributed by atoms with Crippen LogP contribution in [0.15, 0.2) is 60.7 Å². The molecule has 1 atom stereocenters. The van der Waals surface area contributed by atoms with Gasteiger partial charge in [0, 0.05) is 16.5 Å². The summed E-state index contributed by atoms with van der Waals surface area (Å²) < 4.78 is 4.83. The first-order chi connectivity index (χ1) is 13.5. The van der Waals surface area contributed by atoms with Gasteiger partial charge in [-0.05, 0) is 34.0 Å². The van der Waals surface area contributed by atoms with Crippen LogP contribution >= 0.6 is 23.2 Å². The van der Waals surface area contributed by atoms with Gasteiger partial charge in [0.25, 0.3) is 0 Å². The Morgan fingerprint density at radius 2 is 1.75 bits per heavy atom. The van der Waals surface area contributed by atoms with Crippen molar-refractivity contribution >= 4 is 45.9 Å². The predicted molar refractivity (Wildman–Crippen MR) is 112 cm³/mol. The van der Waals surface area contributed by atoms with E-state index in [9.17, 15) is 9.59 Å². The van der Waals surface area contributed by atoms with Gasteiger partial charge in [-0.2, -0.15) is 0 Å². The second-order valence-corrected chi connectivity index (χ2v) is 7.29. The summed E-state index contributed by atoms with van der Waals surface area (Å²) in [6.45, 7) is 0. The van der Waals surface area contributed by atoms with Crippen molar-refractivity contribution in [2.75, 3.05) is 7.11 Å². The van der Waals surface area contributed by atoms with Gasteiger partial charge in [-0.1, -0.05) is 71.7 Å². The number of esters is 1. The number of hydrogen-bond donors (Lipinski definition) is 1. The number of amides is 1. The molecule has 0 heterocycles. The second-order valence-electron chi connectivity index (χ2n) is 6.44. The number of methoxy groups -OCH3 is 1. The van der Waals surface area contributed by atoms with E-state index in [-0.39, 0.29) is 18.7 Å². The summed E-state index contributed by atoms with van der Waals surface area (Å²) in [5, 5.41) is 5.86. The molecule has 0 fully saturated rings. The molecule has 0 aromatic heterocycles. The van der Waals surface area contributed by atoms with Crippen molar-refractivity contribution in [3.05, 3.63) is 81.8 Å². The van der Waals surface area contributed by atoms with Crippen molar-refractivity contribution < 1.29 is 14.3 Å². The molecule has 0 saturated heterocycles. The molecule has 3 aromatic rings. The topological polar surface area (TPSA) is 55.4 Å². The number of halogens is 2. The summed E-state index contributed by atoms with van der Waals surface area (Å²) in [4.78, 5) is 24.7. The quantitative estimate of drug-likeness (QED) is 0.598. The summed E-state index contributed by atoms with van der Waals surface area (Å²) in [5.41, 5.74) is 1.57. The lowest BCUT2D eigenvalue weighted by Crippen LogP contribution is -2.43. The van der Waals surface area contributed by atoms with Gasteiger partial charge in [-0.25, -0.2) is 4.79 Å². The van der Waals surface area contributed by atoms with Gasteiger partial charge >= 0.3 is 5.97 Å². The van der Waals surface area contributed by atoms with E-state index in [1.54, 1.807) is 18.2 Å². The number of nitrogens with one attached hydrogen (secondary N) is 1. The van der Waals surface area contributed by atoms with E-state index in [4.69, 9.17) is 27.9 Å². The molecule has 3 rings (SSSR count). The van der Waals surface area contributed by atoms with Crippen molar-refractivity contribution in [2.45, 2.75) is 18.9 Å². The van der Waals surface area contributed by atoms with Crippen molar-refractivity contribution in [3.8, 4) is 0 Å². The van der Waals surface area contributed by atoms with Gasteiger partial charge in [0.1, 0.15) is 6.04 Å². The zero-order valence-corrected chi connectivity index (χ0v) is 16.8. The fourth-order valence-corrected chi connectivity index (χ4v) is 3.51. The zero-order chi connectivity index (χ0) is 20.1. The van der Waals surface area contributed by atoms with Gasteiger partial charge in [-0.15, -0.1) is 0 Å². The van der Waals surface area contributed by atoms with E-state index in [1.807, 2.05) is 42.5 Å². The van der Waals surface area contributed by atoms with Crippen LogP contribution in [0, 0.1) is 0 Å². The molecule has 1 N–H and O–H groups in total. The van der Waals surface area contributed by atoms with Gasteiger partial charge in [0.15, 0.2) is 0 Å². The Hall–Kier alpha value is -2.56. The Bertz CT molecular complexity index is 1020. The maximum Gasteiger partial charge on any atom is 0.328 e. The lowest BCUT2D eigenvalue weighted by Gasteiger charge is -2.17. The van der Waals surface area contributed by atoms with E-state index in [0.717, 1.165) is 16.3 Å². The third kappa shape index (κ3) is 5.03. The smallest absolute Gasteiger partial charge is 0.328 e. The SMILES string of the molecule is COC(=O)[C@H](Cc1ccc(Cl)cc1Cl)NC(=O)Cc1ccc2ccccc2c1. The molecular weight excluding hydrogens is 397 g/mol. The van der Waals surface area contributed by atoms with Crippen LogP contribution < -0.4 is 5.32 Å². The van der Waals surface area contributed by atoms with Crippen LogP contribution in [-0.2, 0) is 27.2 Å². The molecule has 4 nitrogen and oxygen atoms in total. The largest absolute Gasteiger partial charge is 0.467 e. The standard InChI is InChI=1S/C22H19Cl2NO3/c1-28-22(27)20(12-17-8-9-18(23)13-19(17)24)25-21(26)11-14-6-7-15-4-2-3-5-16(15)10-14/h2-10,13,20H,11-12H2,1H3,(H,25,26)/t20-/m0/s1. The number of ether oxygens (including phenoxy) is 1. The van der Waals surface area contributed by atoms with E-state index in [0.29, 0.717) is 15.6 Å². The van der Waals surface area contributed by atoms with Crippen molar-refractivity contribution in [2.24, 2.45) is 0 Å². The van der Waals surface area contributed by atoms with Crippen molar-refractivity contribution in [1.82, 2.24) is 5.32 Å². The molecule has 1 amide bonds. The number of carbonyl (C=O) groups is 2. The lowest BCUT2D eigenvalue weighted by atomic mass is 10.0. The van der Waals surface area contributed by atoms with Gasteiger partial charge < -0.3 is 10.1 Å². The highest BCUT2D eigenvalue weighted by Crippen LogP contribution is 2.22. The summed E-state index contributed by atoms with van der Waals surface area (Å²) in [6, 6.07) is 18.0. The molecule has 0 radical (unpaired) electrons. The van der Waals surface area contributed by atoms with Gasteiger partial charge in [0.2, 0.25) is 5.91 Å². The van der Waals surface area contributed by atoms with Crippen molar-refractivity contribution in [1.29, 1.82) is 0 Å². The van der Waals surface area contributed by atoms with Crippen LogP contribution in [0.1, 0.15) is 11.1 Å². The summed E-state index contributed by atoms with van der Waals surface area (Å²) in [5.74, 6) is -0.798. The maximum atomic E-state index is 12.5. The molecule has 3 aromatic carbocycles. The first-order valence-corrected chi connectivity index (χ1v) is 9.50. The molecule has 0 aliphatic rings. The van der Waals surface area contributed by atoms with Gasteiger partial charge in [0.05, 0.1) is 13.5 Å². The molecule has 6 heteroatoms. The van der Waals surface area contributed by atoms with Crippen LogP contribution in [0.3, 0.4) is 0 Å². The number of rotatable bonds is 6. The molecular formula is C22H19Cl2NO3. The molecule has 0 aliphatic heterocycles. The van der Waals surface area contributed by atoms with Crippen LogP contribution in [-0.4, -0.2) is 25.0 Å². The third-order valence-electron chi connectivity index (χ3n) is 4.44. The Balaban J connectivity index is 1.72. The minimum absolute atomic E-state index is 0.159. The minimum Gasteiger partial charge on any atom is -0.467 e. The Morgan fingerprint density at radius 3 is 2.46 bits per heavy atom. The first kappa shape index (κ1) is 20.2.